The van der Waals surface area contributed by atoms with E-state index in [1.165, 1.54) is 14.0 Å². The van der Waals surface area contributed by atoms with Crippen molar-refractivity contribution in [2.45, 2.75) is 18.4 Å². The van der Waals surface area contributed by atoms with Gasteiger partial charge in [-0.05, 0) is 71.2 Å². The number of carbonyl (C=O) groups is 1. The van der Waals surface area contributed by atoms with Crippen LogP contribution in [0.15, 0.2) is 41.4 Å². The van der Waals surface area contributed by atoms with Crippen molar-refractivity contribution in [2.75, 3.05) is 7.05 Å². The van der Waals surface area contributed by atoms with E-state index in [-0.39, 0.29) is 11.8 Å². The van der Waals surface area contributed by atoms with E-state index in [1.807, 2.05) is 6.07 Å². The Kier molecular flexibility index (Phi) is 3.49. The van der Waals surface area contributed by atoms with Crippen LogP contribution in [0.4, 0.5) is 0 Å². The van der Waals surface area contributed by atoms with Gasteiger partial charge >= 0.3 is 0 Å². The molecule has 1 amide bonds. The van der Waals surface area contributed by atoms with Crippen molar-refractivity contribution in [1.29, 1.82) is 0 Å². The largest absolute Gasteiger partial charge is 0.369 e. The van der Waals surface area contributed by atoms with Crippen LogP contribution in [0.25, 0.3) is 10.4 Å². The van der Waals surface area contributed by atoms with Gasteiger partial charge in [-0.15, -0.1) is 11.3 Å². The molecule has 1 saturated carbocycles. The smallest absolute Gasteiger partial charge is 0.262 e. The van der Waals surface area contributed by atoms with E-state index in [0.29, 0.717) is 5.96 Å². The second-order valence-corrected chi connectivity index (χ2v) is 8.38. The average molecular weight is 437 g/mol. The number of rotatable bonds is 3. The molecule has 1 aliphatic heterocycles. The fourth-order valence-electron chi connectivity index (χ4n) is 3.13. The second-order valence-electron chi connectivity index (χ2n) is 6.05. The average Bonchev–Trinajstić information content (AvgIpc) is 3.22. The first-order valence-electron chi connectivity index (χ1n) is 7.52. The van der Waals surface area contributed by atoms with Gasteiger partial charge in [0.15, 0.2) is 11.5 Å². The highest BCUT2D eigenvalue weighted by molar-refractivity contribution is 14.1. The molecule has 118 valence electrons. The highest BCUT2D eigenvalue weighted by atomic mass is 127. The molecule has 2 heterocycles. The molecule has 4 rings (SSSR count). The quantitative estimate of drug-likeness (QED) is 0.749. The standard InChI is InChI=1S/C17H16IN3OS/c1-21-15(22)17(11-5-6-11,20-16(21)19)14-8-7-13(23-14)10-3-2-4-12(18)9-10/h2-4,7-9,11H,5-6H2,1H3,(H2,19,20). The first-order valence-corrected chi connectivity index (χ1v) is 9.41. The molecule has 1 atom stereocenters. The Morgan fingerprint density at radius 1 is 1.35 bits per heavy atom. The summed E-state index contributed by atoms with van der Waals surface area (Å²) in [5, 5.41) is 0. The molecule has 0 radical (unpaired) electrons. The summed E-state index contributed by atoms with van der Waals surface area (Å²) >= 11 is 3.97. The normalized spacial score (nSPS) is 24.2. The van der Waals surface area contributed by atoms with Crippen LogP contribution < -0.4 is 5.73 Å². The van der Waals surface area contributed by atoms with Gasteiger partial charge in [0.05, 0.1) is 0 Å². The van der Waals surface area contributed by atoms with Crippen LogP contribution >= 0.6 is 33.9 Å². The molecule has 1 unspecified atom stereocenters. The van der Waals surface area contributed by atoms with Gasteiger partial charge in [0.25, 0.3) is 5.91 Å². The van der Waals surface area contributed by atoms with E-state index in [9.17, 15) is 4.79 Å². The van der Waals surface area contributed by atoms with Gasteiger partial charge < -0.3 is 5.73 Å². The van der Waals surface area contributed by atoms with Gasteiger partial charge in [-0.1, -0.05) is 12.1 Å². The Balaban J connectivity index is 1.80. The summed E-state index contributed by atoms with van der Waals surface area (Å²) in [7, 11) is 1.71. The molecule has 1 fully saturated rings. The third-order valence-electron chi connectivity index (χ3n) is 4.52. The zero-order valence-corrected chi connectivity index (χ0v) is 15.6. The molecular formula is C17H16IN3OS. The lowest BCUT2D eigenvalue weighted by Crippen LogP contribution is -2.41. The number of hydrogen-bond donors (Lipinski definition) is 1. The summed E-state index contributed by atoms with van der Waals surface area (Å²) in [6.07, 6.45) is 2.07. The van der Waals surface area contributed by atoms with Crippen LogP contribution in [0, 0.1) is 9.49 Å². The van der Waals surface area contributed by atoms with E-state index in [1.54, 1.807) is 18.4 Å². The lowest BCUT2D eigenvalue weighted by atomic mass is 9.91. The summed E-state index contributed by atoms with van der Waals surface area (Å²) in [5.74, 6) is 0.612. The zero-order valence-electron chi connectivity index (χ0n) is 12.6. The van der Waals surface area contributed by atoms with Gasteiger partial charge in [0, 0.05) is 20.4 Å². The monoisotopic (exact) mass is 437 g/mol. The third kappa shape index (κ3) is 2.30. The highest BCUT2D eigenvalue weighted by Gasteiger charge is 2.58. The third-order valence-corrected chi connectivity index (χ3v) is 6.45. The summed E-state index contributed by atoms with van der Waals surface area (Å²) < 4.78 is 1.20. The highest BCUT2D eigenvalue weighted by Crippen LogP contribution is 2.53. The molecule has 0 bridgehead atoms. The molecule has 1 aromatic heterocycles. The maximum absolute atomic E-state index is 12.9. The van der Waals surface area contributed by atoms with E-state index in [4.69, 9.17) is 5.73 Å². The van der Waals surface area contributed by atoms with E-state index >= 15 is 0 Å². The molecule has 2 aliphatic rings. The van der Waals surface area contributed by atoms with Gasteiger partial charge in [0.2, 0.25) is 0 Å². The summed E-state index contributed by atoms with van der Waals surface area (Å²) in [6, 6.07) is 12.5. The summed E-state index contributed by atoms with van der Waals surface area (Å²) in [4.78, 5) is 21.1. The molecule has 2 N–H and O–H groups in total. The Morgan fingerprint density at radius 3 is 2.74 bits per heavy atom. The summed E-state index contributed by atoms with van der Waals surface area (Å²) in [5.41, 5.74) is 6.33. The van der Waals surface area contributed by atoms with Crippen molar-refractivity contribution in [1.82, 2.24) is 4.90 Å². The van der Waals surface area contributed by atoms with Gasteiger partial charge in [0.1, 0.15) is 0 Å². The number of thiophene rings is 1. The molecule has 23 heavy (non-hydrogen) atoms. The van der Waals surface area contributed by atoms with Crippen LogP contribution in [0.1, 0.15) is 17.7 Å². The maximum atomic E-state index is 12.9. The molecule has 1 aromatic carbocycles. The fraction of sp³-hybridized carbons (Fsp3) is 0.294. The van der Waals surface area contributed by atoms with Gasteiger partial charge in [-0.25, -0.2) is 4.99 Å². The minimum absolute atomic E-state index is 0.00791. The lowest BCUT2D eigenvalue weighted by molar-refractivity contribution is -0.131. The number of amides is 1. The molecule has 0 spiro atoms. The molecule has 4 nitrogen and oxygen atoms in total. The molecule has 0 saturated heterocycles. The fourth-order valence-corrected chi connectivity index (χ4v) is 4.88. The first-order chi connectivity index (χ1) is 11.0. The molecule has 2 aromatic rings. The van der Waals surface area contributed by atoms with Crippen molar-refractivity contribution in [3.63, 3.8) is 0 Å². The summed E-state index contributed by atoms with van der Waals surface area (Å²) in [6.45, 7) is 0. The minimum Gasteiger partial charge on any atom is -0.369 e. The van der Waals surface area contributed by atoms with Crippen LogP contribution in [0.5, 0.6) is 0 Å². The number of likely N-dealkylation sites (N-methyl/N-ethyl adjacent to an activating group) is 1. The number of aliphatic imine (C=N–C) groups is 1. The number of benzene rings is 1. The van der Waals surface area contributed by atoms with Crippen molar-refractivity contribution < 1.29 is 4.79 Å². The van der Waals surface area contributed by atoms with Crippen molar-refractivity contribution in [3.05, 3.63) is 44.8 Å². The SMILES string of the molecule is CN1C(=O)C(c2ccc(-c3cccc(I)c3)s2)(C2CC2)N=C1N. The molecule has 1 aliphatic carbocycles. The van der Waals surface area contributed by atoms with Crippen molar-refractivity contribution >= 4 is 45.8 Å². The molecule has 6 heteroatoms. The Hall–Kier alpha value is -1.41. The van der Waals surface area contributed by atoms with Crippen molar-refractivity contribution in [2.24, 2.45) is 16.6 Å². The number of halogens is 1. The van der Waals surface area contributed by atoms with Crippen LogP contribution in [-0.4, -0.2) is 23.8 Å². The van der Waals surface area contributed by atoms with E-state index in [0.717, 1.165) is 22.6 Å². The van der Waals surface area contributed by atoms with Crippen molar-refractivity contribution in [3.8, 4) is 10.4 Å². The predicted octanol–water partition coefficient (Wildman–Crippen LogP) is 3.41. The number of hydrogen-bond acceptors (Lipinski definition) is 4. The zero-order chi connectivity index (χ0) is 16.2. The number of guanidine groups is 1. The first kappa shape index (κ1) is 15.1. The van der Waals surface area contributed by atoms with E-state index < -0.39 is 5.54 Å². The Bertz CT molecular complexity index is 827. The van der Waals surface area contributed by atoms with Crippen LogP contribution in [-0.2, 0) is 10.3 Å². The lowest BCUT2D eigenvalue weighted by Gasteiger charge is -2.23. The van der Waals surface area contributed by atoms with Gasteiger partial charge in [-0.2, -0.15) is 0 Å². The van der Waals surface area contributed by atoms with Gasteiger partial charge in [-0.3, -0.25) is 9.69 Å². The van der Waals surface area contributed by atoms with Crippen LogP contribution in [0.3, 0.4) is 0 Å². The molecular weight excluding hydrogens is 421 g/mol. The number of carbonyl (C=O) groups excluding carboxylic acids is 1. The Labute approximate surface area is 152 Å². The van der Waals surface area contributed by atoms with E-state index in [2.05, 4.69) is 57.9 Å². The topological polar surface area (TPSA) is 58.7 Å². The Morgan fingerprint density at radius 2 is 2.13 bits per heavy atom. The maximum Gasteiger partial charge on any atom is 0.262 e. The number of nitrogens with two attached hydrogens (primary N) is 1. The minimum atomic E-state index is -0.788. The predicted molar refractivity (Wildman–Crippen MR) is 101 cm³/mol. The van der Waals surface area contributed by atoms with Crippen LogP contribution in [0.2, 0.25) is 0 Å². The second kappa shape index (κ2) is 5.31. The number of nitrogens with zero attached hydrogens (tertiary/aromatic N) is 2.